The Bertz CT molecular complexity index is 1040. The molecular formula is C18H17F2N3O4S. The standard InChI is InChI=1S/C18H17F2N3O4S/c1-28(26,27)22-14-4-2-3-13(8-14)21-17(24)12-9-23(10-12)18(25)11-5-6-15(19)16(20)7-11/h2-8,12,22H,9-10H2,1H3,(H,21,24). The second-order valence-corrected chi connectivity index (χ2v) is 8.23. The molecule has 10 heteroatoms. The van der Waals surface area contributed by atoms with E-state index in [0.717, 1.165) is 18.4 Å². The summed E-state index contributed by atoms with van der Waals surface area (Å²) in [4.78, 5) is 25.9. The summed E-state index contributed by atoms with van der Waals surface area (Å²) < 4.78 is 51.1. The molecule has 28 heavy (non-hydrogen) atoms. The molecule has 1 aliphatic heterocycles. The van der Waals surface area contributed by atoms with Crippen molar-refractivity contribution >= 4 is 33.2 Å². The Hall–Kier alpha value is -3.01. The minimum absolute atomic E-state index is 0.0114. The zero-order valence-electron chi connectivity index (χ0n) is 14.8. The van der Waals surface area contributed by atoms with E-state index in [1.54, 1.807) is 18.2 Å². The van der Waals surface area contributed by atoms with Crippen LogP contribution < -0.4 is 10.0 Å². The minimum Gasteiger partial charge on any atom is -0.337 e. The Morgan fingerprint density at radius 1 is 1.04 bits per heavy atom. The molecule has 0 spiro atoms. The molecule has 148 valence electrons. The van der Waals surface area contributed by atoms with Crippen molar-refractivity contribution in [3.8, 4) is 0 Å². The van der Waals surface area contributed by atoms with E-state index in [9.17, 15) is 26.8 Å². The lowest BCUT2D eigenvalue weighted by Gasteiger charge is -2.38. The third-order valence-electron chi connectivity index (χ3n) is 4.14. The summed E-state index contributed by atoms with van der Waals surface area (Å²) in [6, 6.07) is 9.10. The van der Waals surface area contributed by atoms with Crippen LogP contribution in [0.4, 0.5) is 20.2 Å². The number of carbonyl (C=O) groups excluding carboxylic acids is 2. The summed E-state index contributed by atoms with van der Waals surface area (Å²) >= 11 is 0. The van der Waals surface area contributed by atoms with Crippen molar-refractivity contribution in [3.63, 3.8) is 0 Å². The van der Waals surface area contributed by atoms with Crippen LogP contribution in [0.15, 0.2) is 42.5 Å². The molecule has 7 nitrogen and oxygen atoms in total. The second kappa shape index (κ2) is 7.55. The molecule has 0 saturated carbocycles. The van der Waals surface area contributed by atoms with Crippen molar-refractivity contribution in [2.24, 2.45) is 5.92 Å². The Kier molecular flexibility index (Phi) is 5.32. The highest BCUT2D eigenvalue weighted by Crippen LogP contribution is 2.22. The number of anilines is 2. The fourth-order valence-electron chi connectivity index (χ4n) is 2.74. The molecular weight excluding hydrogens is 392 g/mol. The van der Waals surface area contributed by atoms with Crippen LogP contribution in [0, 0.1) is 17.6 Å². The van der Waals surface area contributed by atoms with Crippen molar-refractivity contribution in [1.82, 2.24) is 4.90 Å². The predicted molar refractivity (Wildman–Crippen MR) is 99.3 cm³/mol. The van der Waals surface area contributed by atoms with Gasteiger partial charge in [-0.2, -0.15) is 0 Å². The van der Waals surface area contributed by atoms with Gasteiger partial charge >= 0.3 is 0 Å². The van der Waals surface area contributed by atoms with Crippen LogP contribution in [0.3, 0.4) is 0 Å². The predicted octanol–water partition coefficient (Wildman–Crippen LogP) is 2.05. The first-order valence-corrected chi connectivity index (χ1v) is 10.1. The quantitative estimate of drug-likeness (QED) is 0.790. The maximum Gasteiger partial charge on any atom is 0.254 e. The number of sulfonamides is 1. The highest BCUT2D eigenvalue weighted by Gasteiger charge is 2.36. The number of nitrogens with one attached hydrogen (secondary N) is 2. The van der Waals surface area contributed by atoms with E-state index < -0.39 is 33.5 Å². The number of rotatable bonds is 5. The zero-order valence-corrected chi connectivity index (χ0v) is 15.6. The molecule has 1 aliphatic rings. The topological polar surface area (TPSA) is 95.6 Å². The lowest BCUT2D eigenvalue weighted by molar-refractivity contribution is -0.123. The Morgan fingerprint density at radius 2 is 1.71 bits per heavy atom. The smallest absolute Gasteiger partial charge is 0.254 e. The Balaban J connectivity index is 1.57. The van der Waals surface area contributed by atoms with Gasteiger partial charge in [0, 0.05) is 24.3 Å². The SMILES string of the molecule is CS(=O)(=O)Nc1cccc(NC(=O)C2CN(C(=O)c3ccc(F)c(F)c3)C2)c1. The van der Waals surface area contributed by atoms with Gasteiger partial charge in [-0.3, -0.25) is 14.3 Å². The summed E-state index contributed by atoms with van der Waals surface area (Å²) in [5.74, 6) is -3.41. The van der Waals surface area contributed by atoms with Gasteiger partial charge in [0.1, 0.15) is 0 Å². The maximum atomic E-state index is 13.3. The van der Waals surface area contributed by atoms with Crippen molar-refractivity contribution < 1.29 is 26.8 Å². The van der Waals surface area contributed by atoms with Gasteiger partial charge in [0.25, 0.3) is 5.91 Å². The van der Waals surface area contributed by atoms with Crippen molar-refractivity contribution in [1.29, 1.82) is 0 Å². The van der Waals surface area contributed by atoms with E-state index in [1.807, 2.05) is 0 Å². The summed E-state index contributed by atoms with van der Waals surface area (Å²) in [6.07, 6.45) is 1.02. The van der Waals surface area contributed by atoms with Crippen LogP contribution in [0.2, 0.25) is 0 Å². The first kappa shape index (κ1) is 19.7. The molecule has 0 bridgehead atoms. The molecule has 0 unspecified atom stereocenters. The van der Waals surface area contributed by atoms with E-state index in [1.165, 1.54) is 17.0 Å². The third-order valence-corrected chi connectivity index (χ3v) is 4.75. The molecule has 0 aromatic heterocycles. The fourth-order valence-corrected chi connectivity index (χ4v) is 3.30. The van der Waals surface area contributed by atoms with Gasteiger partial charge in [0.05, 0.1) is 17.9 Å². The number of benzene rings is 2. The molecule has 1 fully saturated rings. The normalized spacial score (nSPS) is 14.3. The molecule has 2 amide bonds. The fraction of sp³-hybridized carbons (Fsp3) is 0.222. The van der Waals surface area contributed by atoms with E-state index in [4.69, 9.17) is 0 Å². The van der Waals surface area contributed by atoms with Crippen LogP contribution in [0.25, 0.3) is 0 Å². The number of hydrogen-bond donors (Lipinski definition) is 2. The molecule has 2 aromatic carbocycles. The summed E-state index contributed by atoms with van der Waals surface area (Å²) in [5.41, 5.74) is 0.727. The van der Waals surface area contributed by atoms with Crippen LogP contribution in [-0.2, 0) is 14.8 Å². The lowest BCUT2D eigenvalue weighted by atomic mass is 9.97. The Morgan fingerprint density at radius 3 is 2.36 bits per heavy atom. The zero-order chi connectivity index (χ0) is 20.5. The van der Waals surface area contributed by atoms with Gasteiger partial charge < -0.3 is 10.2 Å². The van der Waals surface area contributed by atoms with Gasteiger partial charge in [-0.15, -0.1) is 0 Å². The van der Waals surface area contributed by atoms with Crippen LogP contribution in [0.5, 0.6) is 0 Å². The van der Waals surface area contributed by atoms with Gasteiger partial charge in [0.2, 0.25) is 15.9 Å². The number of carbonyl (C=O) groups is 2. The first-order valence-electron chi connectivity index (χ1n) is 8.25. The largest absolute Gasteiger partial charge is 0.337 e. The third kappa shape index (κ3) is 4.63. The van der Waals surface area contributed by atoms with Gasteiger partial charge in [-0.25, -0.2) is 17.2 Å². The van der Waals surface area contributed by atoms with Crippen molar-refractivity contribution in [3.05, 3.63) is 59.7 Å². The molecule has 2 N–H and O–H groups in total. The Labute approximate surface area is 160 Å². The first-order chi connectivity index (χ1) is 13.1. The van der Waals surface area contributed by atoms with E-state index in [-0.39, 0.29) is 24.6 Å². The maximum absolute atomic E-state index is 13.3. The number of hydrogen-bond acceptors (Lipinski definition) is 4. The average molecular weight is 409 g/mol. The van der Waals surface area contributed by atoms with Gasteiger partial charge in [0.15, 0.2) is 11.6 Å². The van der Waals surface area contributed by atoms with E-state index in [0.29, 0.717) is 11.4 Å². The number of likely N-dealkylation sites (tertiary alicyclic amines) is 1. The molecule has 1 saturated heterocycles. The minimum atomic E-state index is -3.44. The highest BCUT2D eigenvalue weighted by molar-refractivity contribution is 7.92. The molecule has 2 aromatic rings. The van der Waals surface area contributed by atoms with E-state index in [2.05, 4.69) is 10.0 Å². The molecule has 0 radical (unpaired) electrons. The summed E-state index contributed by atoms with van der Waals surface area (Å²) in [7, 11) is -3.44. The molecule has 3 rings (SSSR count). The average Bonchev–Trinajstić information content (AvgIpc) is 2.54. The van der Waals surface area contributed by atoms with Gasteiger partial charge in [-0.05, 0) is 36.4 Å². The molecule has 1 heterocycles. The monoisotopic (exact) mass is 409 g/mol. The molecule has 0 atom stereocenters. The second-order valence-electron chi connectivity index (χ2n) is 6.48. The summed E-state index contributed by atoms with van der Waals surface area (Å²) in [6.45, 7) is 0.288. The number of nitrogens with zero attached hydrogens (tertiary/aromatic N) is 1. The lowest BCUT2D eigenvalue weighted by Crippen LogP contribution is -2.54. The number of halogens is 2. The van der Waals surface area contributed by atoms with Crippen molar-refractivity contribution in [2.75, 3.05) is 29.4 Å². The van der Waals surface area contributed by atoms with Crippen LogP contribution in [0.1, 0.15) is 10.4 Å². The highest BCUT2D eigenvalue weighted by atomic mass is 32.2. The van der Waals surface area contributed by atoms with Gasteiger partial charge in [-0.1, -0.05) is 6.07 Å². The van der Waals surface area contributed by atoms with Crippen LogP contribution >= 0.6 is 0 Å². The van der Waals surface area contributed by atoms with E-state index >= 15 is 0 Å². The number of amides is 2. The van der Waals surface area contributed by atoms with Crippen molar-refractivity contribution in [2.45, 2.75) is 0 Å². The van der Waals surface area contributed by atoms with Crippen LogP contribution in [-0.4, -0.2) is 44.5 Å². The summed E-state index contributed by atoms with van der Waals surface area (Å²) in [5, 5.41) is 2.66. The molecule has 0 aliphatic carbocycles.